The van der Waals surface area contributed by atoms with Crippen LogP contribution in [-0.2, 0) is 6.54 Å². The smallest absolute Gasteiger partial charge is 0.226 e. The van der Waals surface area contributed by atoms with Gasteiger partial charge in [-0.05, 0) is 50.5 Å². The zero-order valence-electron chi connectivity index (χ0n) is 22.1. The molecule has 0 bridgehead atoms. The number of likely N-dealkylation sites (tertiary alicyclic amines) is 1. The van der Waals surface area contributed by atoms with Crippen LogP contribution < -0.4 is 29.0 Å². The molecule has 37 heavy (non-hydrogen) atoms. The van der Waals surface area contributed by atoms with Crippen LogP contribution in [0.2, 0.25) is 0 Å². The van der Waals surface area contributed by atoms with Crippen LogP contribution in [0.4, 0.5) is 10.3 Å². The number of fused-ring (bicyclic) bond motifs is 1. The minimum Gasteiger partial charge on any atom is -0.493 e. The zero-order chi connectivity index (χ0) is 26.4. The fourth-order valence-corrected chi connectivity index (χ4v) is 4.56. The number of nitrogens with one attached hydrogen (secondary N) is 1. The number of benzene rings is 2. The molecule has 9 nitrogen and oxygen atoms in total. The Kier molecular flexibility index (Phi) is 8.70. The molecule has 0 atom stereocenters. The number of hydrogen-bond donors (Lipinski definition) is 1. The van der Waals surface area contributed by atoms with E-state index in [0.29, 0.717) is 48.6 Å². The van der Waals surface area contributed by atoms with Gasteiger partial charge in [-0.2, -0.15) is 9.37 Å². The maximum absolute atomic E-state index is 14.6. The number of anilines is 1. The number of nitrogens with zero attached hydrogens (tertiary/aromatic N) is 3. The first kappa shape index (κ1) is 26.5. The van der Waals surface area contributed by atoms with Crippen molar-refractivity contribution in [2.24, 2.45) is 0 Å². The van der Waals surface area contributed by atoms with Gasteiger partial charge in [0.1, 0.15) is 0 Å². The van der Waals surface area contributed by atoms with Crippen molar-refractivity contribution in [1.29, 1.82) is 0 Å². The highest BCUT2D eigenvalue weighted by atomic mass is 19.1. The van der Waals surface area contributed by atoms with Crippen LogP contribution in [0, 0.1) is 5.82 Å². The van der Waals surface area contributed by atoms with Crippen LogP contribution in [-0.4, -0.2) is 68.5 Å². The van der Waals surface area contributed by atoms with Crippen LogP contribution in [0.25, 0.3) is 10.9 Å². The third kappa shape index (κ3) is 6.07. The summed E-state index contributed by atoms with van der Waals surface area (Å²) in [6.07, 6.45) is 1.82. The highest BCUT2D eigenvalue weighted by Crippen LogP contribution is 2.35. The lowest BCUT2D eigenvalue weighted by Gasteiger charge is -2.32. The van der Waals surface area contributed by atoms with Crippen molar-refractivity contribution >= 4 is 16.9 Å². The predicted molar refractivity (Wildman–Crippen MR) is 140 cm³/mol. The van der Waals surface area contributed by atoms with Crippen LogP contribution in [0.3, 0.4) is 0 Å². The van der Waals surface area contributed by atoms with E-state index >= 15 is 0 Å². The molecule has 1 N–H and O–H groups in total. The fraction of sp³-hybridized carbons (Fsp3) is 0.481. The summed E-state index contributed by atoms with van der Waals surface area (Å²) in [4.78, 5) is 11.6. The van der Waals surface area contributed by atoms with Gasteiger partial charge in [-0.3, -0.25) is 4.90 Å². The van der Waals surface area contributed by atoms with Crippen molar-refractivity contribution in [1.82, 2.24) is 14.9 Å². The topological polar surface area (TPSA) is 87.2 Å². The third-order valence-electron chi connectivity index (χ3n) is 6.35. The average molecular weight is 515 g/mol. The Morgan fingerprint density at radius 3 is 2.05 bits per heavy atom. The Balaban J connectivity index is 1.43. The summed E-state index contributed by atoms with van der Waals surface area (Å²) in [6, 6.07) is 7.39. The fourth-order valence-electron chi connectivity index (χ4n) is 4.56. The predicted octanol–water partition coefficient (Wildman–Crippen LogP) is 4.67. The van der Waals surface area contributed by atoms with Gasteiger partial charge in [-0.15, -0.1) is 0 Å². The van der Waals surface area contributed by atoms with Crippen LogP contribution in [0.1, 0.15) is 32.3 Å². The van der Waals surface area contributed by atoms with Crippen LogP contribution >= 0.6 is 0 Å². The molecule has 2 heterocycles. The number of ether oxygens (including phenoxy) is 5. The van der Waals surface area contributed by atoms with E-state index < -0.39 is 5.82 Å². The standard InChI is InChI=1S/C27H35FN4O5/c1-6-36-23-12-17(13-24(25(23)28)37-7-2)16-32-10-8-18(9-11-32)29-27-30-20-15-22(34-4)21(33-3)14-19(20)26(31-27)35-5/h12-15,18H,6-11,16H2,1-5H3,(H,29,30,31). The second kappa shape index (κ2) is 12.1. The minimum absolute atomic E-state index is 0.213. The molecule has 0 saturated carbocycles. The maximum Gasteiger partial charge on any atom is 0.226 e. The van der Waals surface area contributed by atoms with Gasteiger partial charge in [0.05, 0.1) is 45.4 Å². The summed E-state index contributed by atoms with van der Waals surface area (Å²) in [6.45, 7) is 6.90. The molecule has 200 valence electrons. The molecule has 1 aliphatic rings. The van der Waals surface area contributed by atoms with E-state index in [2.05, 4.69) is 15.2 Å². The van der Waals surface area contributed by atoms with Crippen molar-refractivity contribution < 1.29 is 28.1 Å². The van der Waals surface area contributed by atoms with Crippen molar-refractivity contribution in [2.45, 2.75) is 39.3 Å². The Hall–Kier alpha value is -3.53. The van der Waals surface area contributed by atoms with E-state index in [1.54, 1.807) is 33.5 Å². The molecule has 0 amide bonds. The van der Waals surface area contributed by atoms with Gasteiger partial charge in [0.25, 0.3) is 0 Å². The molecule has 4 rings (SSSR count). The van der Waals surface area contributed by atoms with Gasteiger partial charge < -0.3 is 29.0 Å². The molecule has 3 aromatic rings. The molecule has 0 unspecified atom stereocenters. The summed E-state index contributed by atoms with van der Waals surface area (Å²) in [5.41, 5.74) is 1.67. The molecule has 0 radical (unpaired) electrons. The van der Waals surface area contributed by atoms with Gasteiger partial charge in [0, 0.05) is 31.7 Å². The number of rotatable bonds is 11. The Morgan fingerprint density at radius 1 is 0.865 bits per heavy atom. The lowest BCUT2D eigenvalue weighted by molar-refractivity contribution is 0.210. The quantitative estimate of drug-likeness (QED) is 0.392. The summed E-state index contributed by atoms with van der Waals surface area (Å²) in [5.74, 6) is 2.18. The van der Waals surface area contributed by atoms with E-state index in [9.17, 15) is 4.39 Å². The number of piperidine rings is 1. The molecule has 1 aliphatic heterocycles. The van der Waals surface area contributed by atoms with Crippen LogP contribution in [0.5, 0.6) is 28.9 Å². The number of hydrogen-bond acceptors (Lipinski definition) is 9. The largest absolute Gasteiger partial charge is 0.493 e. The third-order valence-corrected chi connectivity index (χ3v) is 6.35. The zero-order valence-corrected chi connectivity index (χ0v) is 22.1. The van der Waals surface area contributed by atoms with Gasteiger partial charge in [-0.25, -0.2) is 4.98 Å². The lowest BCUT2D eigenvalue weighted by Crippen LogP contribution is -2.39. The number of aromatic nitrogens is 2. The second-order valence-electron chi connectivity index (χ2n) is 8.75. The Morgan fingerprint density at radius 2 is 1.49 bits per heavy atom. The first-order valence-corrected chi connectivity index (χ1v) is 12.5. The van der Waals surface area contributed by atoms with Crippen molar-refractivity contribution in [3.05, 3.63) is 35.6 Å². The minimum atomic E-state index is -0.447. The Bertz CT molecular complexity index is 1190. The van der Waals surface area contributed by atoms with E-state index in [-0.39, 0.29) is 17.5 Å². The summed E-state index contributed by atoms with van der Waals surface area (Å²) < 4.78 is 41.9. The van der Waals surface area contributed by atoms with Crippen molar-refractivity contribution in [3.8, 4) is 28.9 Å². The van der Waals surface area contributed by atoms with Gasteiger partial charge in [0.15, 0.2) is 23.0 Å². The van der Waals surface area contributed by atoms with E-state index in [4.69, 9.17) is 28.7 Å². The molecule has 2 aromatic carbocycles. The molecular weight excluding hydrogens is 479 g/mol. The molecule has 1 fully saturated rings. The molecule has 1 saturated heterocycles. The average Bonchev–Trinajstić information content (AvgIpc) is 2.91. The van der Waals surface area contributed by atoms with E-state index in [0.717, 1.165) is 36.9 Å². The van der Waals surface area contributed by atoms with Crippen LogP contribution in [0.15, 0.2) is 24.3 Å². The van der Waals surface area contributed by atoms with Gasteiger partial charge >= 0.3 is 0 Å². The first-order chi connectivity index (χ1) is 18.0. The normalized spacial score (nSPS) is 14.4. The highest BCUT2D eigenvalue weighted by Gasteiger charge is 2.22. The second-order valence-corrected chi connectivity index (χ2v) is 8.75. The highest BCUT2D eigenvalue weighted by molar-refractivity contribution is 5.88. The monoisotopic (exact) mass is 514 g/mol. The van der Waals surface area contributed by atoms with Crippen molar-refractivity contribution in [3.63, 3.8) is 0 Å². The molecular formula is C27H35FN4O5. The summed E-state index contributed by atoms with van der Waals surface area (Å²) >= 11 is 0. The Labute approximate surface area is 216 Å². The lowest BCUT2D eigenvalue weighted by atomic mass is 10.0. The molecule has 0 aliphatic carbocycles. The first-order valence-electron chi connectivity index (χ1n) is 12.5. The molecule has 10 heteroatoms. The van der Waals surface area contributed by atoms with Gasteiger partial charge in [-0.1, -0.05) is 0 Å². The molecule has 1 aromatic heterocycles. The maximum atomic E-state index is 14.6. The molecule has 0 spiro atoms. The summed E-state index contributed by atoms with van der Waals surface area (Å²) in [5, 5.41) is 4.21. The number of halogens is 1. The van der Waals surface area contributed by atoms with E-state index in [1.165, 1.54) is 0 Å². The van der Waals surface area contributed by atoms with Crippen molar-refractivity contribution in [2.75, 3.05) is 52.9 Å². The summed E-state index contributed by atoms with van der Waals surface area (Å²) in [7, 11) is 4.77. The number of methoxy groups -OCH3 is 3. The van der Waals surface area contributed by atoms with E-state index in [1.807, 2.05) is 26.0 Å². The van der Waals surface area contributed by atoms with Gasteiger partial charge in [0.2, 0.25) is 17.6 Å². The SMILES string of the molecule is CCOc1cc(CN2CCC(Nc3nc(OC)c4cc(OC)c(OC)cc4n3)CC2)cc(OCC)c1F.